The number of nitrogens with zero attached hydrogens (tertiary/aromatic N) is 1. The van der Waals surface area contributed by atoms with Crippen LogP contribution in [0.5, 0.6) is 0 Å². The Morgan fingerprint density at radius 1 is 1.52 bits per heavy atom. The second-order valence-electron chi connectivity index (χ2n) is 5.24. The maximum atomic E-state index is 12.5. The van der Waals surface area contributed by atoms with Gasteiger partial charge in [0, 0.05) is 36.4 Å². The molecule has 1 fully saturated rings. The van der Waals surface area contributed by atoms with Gasteiger partial charge in [0.25, 0.3) is 5.91 Å². The predicted octanol–water partition coefficient (Wildman–Crippen LogP) is 2.31. The summed E-state index contributed by atoms with van der Waals surface area (Å²) >= 11 is 1.91. The number of aliphatic hydroxyl groups excluding tert-OH is 1. The van der Waals surface area contributed by atoms with Crippen molar-refractivity contribution in [3.8, 4) is 11.8 Å². The molecule has 0 radical (unpaired) electrons. The molecule has 0 aliphatic carbocycles. The van der Waals surface area contributed by atoms with E-state index in [0.717, 1.165) is 34.6 Å². The van der Waals surface area contributed by atoms with Gasteiger partial charge in [0.1, 0.15) is 0 Å². The number of amides is 1. The molecule has 0 aromatic heterocycles. The van der Waals surface area contributed by atoms with Gasteiger partial charge in [-0.15, -0.1) is 0 Å². The summed E-state index contributed by atoms with van der Waals surface area (Å²) in [5.41, 5.74) is 2.64. The van der Waals surface area contributed by atoms with Crippen molar-refractivity contribution in [3.63, 3.8) is 0 Å². The highest BCUT2D eigenvalue weighted by Gasteiger charge is 2.24. The lowest BCUT2D eigenvalue weighted by molar-refractivity contribution is 0.0748. The second kappa shape index (κ2) is 7.53. The van der Waals surface area contributed by atoms with Gasteiger partial charge in [0.2, 0.25) is 0 Å². The molecule has 3 nitrogen and oxygen atoms in total. The van der Waals surface area contributed by atoms with E-state index in [0.29, 0.717) is 12.5 Å². The van der Waals surface area contributed by atoms with Crippen molar-refractivity contribution in [1.29, 1.82) is 0 Å². The van der Waals surface area contributed by atoms with Gasteiger partial charge in [-0.25, -0.2) is 0 Å². The average molecular weight is 303 g/mol. The molecule has 1 N–H and O–H groups in total. The Morgan fingerprint density at radius 3 is 2.95 bits per heavy atom. The van der Waals surface area contributed by atoms with Crippen LogP contribution >= 0.6 is 11.8 Å². The van der Waals surface area contributed by atoms with Gasteiger partial charge in [-0.3, -0.25) is 4.79 Å². The van der Waals surface area contributed by atoms with E-state index in [2.05, 4.69) is 11.8 Å². The molecule has 1 saturated heterocycles. The van der Waals surface area contributed by atoms with E-state index in [1.807, 2.05) is 48.8 Å². The summed E-state index contributed by atoms with van der Waals surface area (Å²) in [5.74, 6) is 8.19. The summed E-state index contributed by atoms with van der Waals surface area (Å²) in [5, 5.41) is 8.74. The summed E-state index contributed by atoms with van der Waals surface area (Å²) in [6.07, 6.45) is 1.55. The molecule has 0 saturated carbocycles. The largest absolute Gasteiger partial charge is 0.395 e. The third-order valence-electron chi connectivity index (χ3n) is 3.71. The van der Waals surface area contributed by atoms with Crippen LogP contribution in [0.1, 0.15) is 34.3 Å². The van der Waals surface area contributed by atoms with Crippen LogP contribution in [-0.2, 0) is 0 Å². The number of rotatable bonds is 3. The van der Waals surface area contributed by atoms with Gasteiger partial charge in [-0.1, -0.05) is 11.8 Å². The van der Waals surface area contributed by atoms with Crippen LogP contribution in [0.4, 0.5) is 0 Å². The maximum absolute atomic E-state index is 12.5. The van der Waals surface area contributed by atoms with E-state index in [-0.39, 0.29) is 12.5 Å². The lowest BCUT2D eigenvalue weighted by atomic mass is 10.0. The van der Waals surface area contributed by atoms with Gasteiger partial charge in [0.05, 0.1) is 6.61 Å². The van der Waals surface area contributed by atoms with E-state index in [9.17, 15) is 4.79 Å². The number of thioether (sulfide) groups is 1. The van der Waals surface area contributed by atoms with Crippen molar-refractivity contribution >= 4 is 17.7 Å². The number of aryl methyl sites for hydroxylation is 1. The molecule has 1 atom stereocenters. The van der Waals surface area contributed by atoms with Crippen molar-refractivity contribution in [2.45, 2.75) is 25.8 Å². The molecule has 1 amide bonds. The Hall–Kier alpha value is -1.44. The van der Waals surface area contributed by atoms with Crippen LogP contribution < -0.4 is 0 Å². The maximum Gasteiger partial charge on any atom is 0.253 e. The second-order valence-corrected chi connectivity index (χ2v) is 6.39. The molecule has 1 unspecified atom stereocenters. The summed E-state index contributed by atoms with van der Waals surface area (Å²) < 4.78 is 0. The van der Waals surface area contributed by atoms with Crippen molar-refractivity contribution in [3.05, 3.63) is 34.9 Å². The van der Waals surface area contributed by atoms with E-state index < -0.39 is 0 Å². The zero-order valence-electron chi connectivity index (χ0n) is 12.6. The molecule has 1 heterocycles. The lowest BCUT2D eigenvalue weighted by Crippen LogP contribution is -2.37. The quantitative estimate of drug-likeness (QED) is 0.871. The summed E-state index contributed by atoms with van der Waals surface area (Å²) in [6, 6.07) is 6.00. The van der Waals surface area contributed by atoms with Crippen LogP contribution in [0.25, 0.3) is 0 Å². The van der Waals surface area contributed by atoms with E-state index in [4.69, 9.17) is 5.11 Å². The SMILES string of the molecule is Cc1cc(C(=O)N(C)C2CCSC2)ccc1C#CCCO. The van der Waals surface area contributed by atoms with Gasteiger partial charge < -0.3 is 10.0 Å². The van der Waals surface area contributed by atoms with E-state index >= 15 is 0 Å². The Morgan fingerprint density at radius 2 is 2.33 bits per heavy atom. The highest BCUT2D eigenvalue weighted by atomic mass is 32.2. The van der Waals surface area contributed by atoms with Crippen LogP contribution in [0, 0.1) is 18.8 Å². The lowest BCUT2D eigenvalue weighted by Gasteiger charge is -2.24. The molecule has 0 spiro atoms. The first kappa shape index (κ1) is 15.9. The number of aliphatic hydroxyl groups is 1. The number of carbonyl (C=O) groups is 1. The first-order valence-electron chi connectivity index (χ1n) is 7.18. The van der Waals surface area contributed by atoms with Gasteiger partial charge in [-0.05, 0) is 42.9 Å². The molecular weight excluding hydrogens is 282 g/mol. The molecule has 1 aromatic rings. The van der Waals surface area contributed by atoms with Crippen LogP contribution in [0.15, 0.2) is 18.2 Å². The summed E-state index contributed by atoms with van der Waals surface area (Å²) in [4.78, 5) is 14.4. The van der Waals surface area contributed by atoms with Crippen molar-refractivity contribution in [2.75, 3.05) is 25.2 Å². The highest BCUT2D eigenvalue weighted by molar-refractivity contribution is 7.99. The Bertz CT molecular complexity index is 568. The average Bonchev–Trinajstić information content (AvgIpc) is 3.02. The Kier molecular flexibility index (Phi) is 5.72. The van der Waals surface area contributed by atoms with Crippen molar-refractivity contribution in [1.82, 2.24) is 4.90 Å². The van der Waals surface area contributed by atoms with Gasteiger partial charge in [0.15, 0.2) is 0 Å². The number of carbonyl (C=O) groups excluding carboxylic acids is 1. The smallest absolute Gasteiger partial charge is 0.253 e. The molecule has 1 aliphatic rings. The fourth-order valence-corrected chi connectivity index (χ4v) is 3.62. The first-order chi connectivity index (χ1) is 10.1. The molecular formula is C17H21NO2S. The minimum Gasteiger partial charge on any atom is -0.395 e. The summed E-state index contributed by atoms with van der Waals surface area (Å²) in [7, 11) is 1.89. The number of hydrogen-bond donors (Lipinski definition) is 1. The molecule has 112 valence electrons. The monoisotopic (exact) mass is 303 g/mol. The van der Waals surface area contributed by atoms with Crippen LogP contribution in [-0.4, -0.2) is 47.1 Å². The minimum absolute atomic E-state index is 0.0762. The number of benzene rings is 1. The zero-order valence-corrected chi connectivity index (χ0v) is 13.4. The third kappa shape index (κ3) is 4.03. The Labute approximate surface area is 130 Å². The van der Waals surface area contributed by atoms with Crippen molar-refractivity contribution in [2.24, 2.45) is 0 Å². The minimum atomic E-state index is 0.0762. The van der Waals surface area contributed by atoms with Crippen LogP contribution in [0.3, 0.4) is 0 Å². The molecule has 4 heteroatoms. The van der Waals surface area contributed by atoms with Crippen LogP contribution in [0.2, 0.25) is 0 Å². The Balaban J connectivity index is 2.12. The normalized spacial score (nSPS) is 17.2. The zero-order chi connectivity index (χ0) is 15.2. The molecule has 1 aromatic carbocycles. The summed E-state index contributed by atoms with van der Waals surface area (Å²) in [6.45, 7) is 2.04. The molecule has 2 rings (SSSR count). The molecule has 0 bridgehead atoms. The fraction of sp³-hybridized carbons (Fsp3) is 0.471. The van der Waals surface area contributed by atoms with E-state index in [1.54, 1.807) is 0 Å². The van der Waals surface area contributed by atoms with Crippen molar-refractivity contribution < 1.29 is 9.90 Å². The first-order valence-corrected chi connectivity index (χ1v) is 8.34. The van der Waals surface area contributed by atoms with E-state index in [1.165, 1.54) is 0 Å². The highest BCUT2D eigenvalue weighted by Crippen LogP contribution is 2.23. The standard InChI is InChI=1S/C17H21NO2S/c1-13-11-15(7-6-14(13)5-3-4-9-19)17(20)18(2)16-8-10-21-12-16/h6-7,11,16,19H,4,8-10,12H2,1-2H3. The molecule has 1 aliphatic heterocycles. The number of hydrogen-bond acceptors (Lipinski definition) is 3. The topological polar surface area (TPSA) is 40.5 Å². The third-order valence-corrected chi connectivity index (χ3v) is 4.85. The predicted molar refractivity (Wildman–Crippen MR) is 87.6 cm³/mol. The fourth-order valence-electron chi connectivity index (χ4n) is 2.35. The van der Waals surface area contributed by atoms with Gasteiger partial charge >= 0.3 is 0 Å². The van der Waals surface area contributed by atoms with Gasteiger partial charge in [-0.2, -0.15) is 11.8 Å². The molecule has 21 heavy (non-hydrogen) atoms.